The molecule has 1 nitrogen and oxygen atoms in total. The fourth-order valence-corrected chi connectivity index (χ4v) is 3.03. The van der Waals surface area contributed by atoms with Gasteiger partial charge in [-0.2, -0.15) is 0 Å². The lowest BCUT2D eigenvalue weighted by Crippen LogP contribution is -2.34. The molecule has 80 valence electrons. The third-order valence-corrected chi connectivity index (χ3v) is 6.60. The van der Waals surface area contributed by atoms with Crippen molar-refractivity contribution in [2.45, 2.75) is 58.1 Å². The van der Waals surface area contributed by atoms with Gasteiger partial charge in [0.15, 0.2) is 0 Å². The lowest BCUT2D eigenvalue weighted by atomic mass is 9.83. The van der Waals surface area contributed by atoms with Crippen LogP contribution in [-0.4, -0.2) is 9.62 Å². The van der Waals surface area contributed by atoms with E-state index in [0.717, 1.165) is 0 Å². The van der Waals surface area contributed by atoms with Crippen molar-refractivity contribution in [3.8, 4) is 0 Å². The molecule has 0 saturated carbocycles. The summed E-state index contributed by atoms with van der Waals surface area (Å²) in [6.45, 7) is 15.4. The molecule has 0 rings (SSSR count). The Bertz CT molecular complexity index is 163. The predicted octanol–water partition coefficient (Wildman–Crippen LogP) is 3.89. The first-order valence-electron chi connectivity index (χ1n) is 4.61. The first-order chi connectivity index (χ1) is 5.46. The Morgan fingerprint density at radius 2 is 1.15 bits per heavy atom. The zero-order valence-electron chi connectivity index (χ0n) is 9.89. The molecule has 0 aromatic heterocycles. The lowest BCUT2D eigenvalue weighted by Gasteiger charge is -2.39. The quantitative estimate of drug-likeness (QED) is 0.578. The van der Waals surface area contributed by atoms with Crippen LogP contribution in [0.2, 0.25) is 0 Å². The predicted molar refractivity (Wildman–Crippen MR) is 67.0 cm³/mol. The van der Waals surface area contributed by atoms with Crippen LogP contribution in [0.15, 0.2) is 0 Å². The topological polar surface area (TPSA) is 26.0 Å². The summed E-state index contributed by atoms with van der Waals surface area (Å²) in [5.41, 5.74) is 6.23. The van der Waals surface area contributed by atoms with E-state index in [9.17, 15) is 0 Å². The second-order valence-electron chi connectivity index (χ2n) is 5.53. The van der Waals surface area contributed by atoms with Gasteiger partial charge in [-0.1, -0.05) is 42.4 Å². The minimum absolute atomic E-state index is 0.146. The van der Waals surface area contributed by atoms with Gasteiger partial charge in [0.25, 0.3) is 0 Å². The van der Waals surface area contributed by atoms with E-state index >= 15 is 0 Å². The molecular formula is C10H23NS2. The molecule has 0 heterocycles. The van der Waals surface area contributed by atoms with Gasteiger partial charge in [-0.3, -0.25) is 0 Å². The van der Waals surface area contributed by atoms with Crippen molar-refractivity contribution in [1.82, 2.24) is 0 Å². The maximum atomic E-state index is 5.93. The van der Waals surface area contributed by atoms with Crippen LogP contribution in [0.1, 0.15) is 48.5 Å². The normalized spacial score (nSPS) is 14.8. The van der Waals surface area contributed by atoms with Crippen molar-refractivity contribution in [3.05, 3.63) is 0 Å². The zero-order valence-corrected chi connectivity index (χ0v) is 11.5. The highest BCUT2D eigenvalue weighted by molar-refractivity contribution is 8.77. The largest absolute Gasteiger partial charge is 0.317 e. The summed E-state index contributed by atoms with van der Waals surface area (Å²) in [4.78, 5) is -0.146. The van der Waals surface area contributed by atoms with Crippen LogP contribution in [0.3, 0.4) is 0 Å². The molecule has 13 heavy (non-hydrogen) atoms. The molecule has 0 aliphatic carbocycles. The fraction of sp³-hybridized carbons (Fsp3) is 1.00. The van der Waals surface area contributed by atoms with Crippen LogP contribution >= 0.6 is 21.6 Å². The van der Waals surface area contributed by atoms with Crippen LogP contribution in [0.5, 0.6) is 0 Å². The summed E-state index contributed by atoms with van der Waals surface area (Å²) in [7, 11) is 3.65. The molecule has 0 atom stereocenters. The highest BCUT2D eigenvalue weighted by Crippen LogP contribution is 2.49. The Kier molecular flexibility index (Phi) is 4.24. The van der Waals surface area contributed by atoms with Crippen molar-refractivity contribution in [3.63, 3.8) is 0 Å². The van der Waals surface area contributed by atoms with E-state index < -0.39 is 0 Å². The number of nitrogens with two attached hydrogens (primary N) is 1. The van der Waals surface area contributed by atoms with Crippen molar-refractivity contribution < 1.29 is 0 Å². The average molecular weight is 221 g/mol. The van der Waals surface area contributed by atoms with Crippen molar-refractivity contribution in [1.29, 1.82) is 0 Å². The van der Waals surface area contributed by atoms with E-state index in [4.69, 9.17) is 5.73 Å². The number of hydrogen-bond donors (Lipinski definition) is 1. The molecule has 0 bridgehead atoms. The Morgan fingerprint density at radius 3 is 1.38 bits per heavy atom. The molecule has 0 fully saturated rings. The summed E-state index contributed by atoms with van der Waals surface area (Å²) in [6, 6.07) is 0. The second-order valence-corrected chi connectivity index (χ2v) is 8.94. The molecule has 2 N–H and O–H groups in total. The molecule has 0 radical (unpaired) electrons. The van der Waals surface area contributed by atoms with Gasteiger partial charge < -0.3 is 5.73 Å². The first kappa shape index (κ1) is 13.7. The summed E-state index contributed by atoms with van der Waals surface area (Å²) in [5, 5.41) is 0. The number of hydrogen-bond acceptors (Lipinski definition) is 3. The van der Waals surface area contributed by atoms with Gasteiger partial charge in [-0.25, -0.2) is 0 Å². The van der Waals surface area contributed by atoms with E-state index in [0.29, 0.717) is 5.41 Å². The second kappa shape index (κ2) is 4.03. The standard InChI is InChI=1S/C10H23NS2/c1-8(2,3)9(4,5)12-13-10(6,7)11/h11H2,1-7H3. The van der Waals surface area contributed by atoms with E-state index in [1.807, 2.05) is 24.6 Å². The molecular weight excluding hydrogens is 198 g/mol. The molecule has 0 saturated heterocycles. The van der Waals surface area contributed by atoms with Gasteiger partial charge in [0.2, 0.25) is 0 Å². The third-order valence-electron chi connectivity index (χ3n) is 2.27. The molecule has 0 aromatic rings. The van der Waals surface area contributed by atoms with Crippen LogP contribution < -0.4 is 5.73 Å². The molecule has 0 aromatic carbocycles. The minimum Gasteiger partial charge on any atom is -0.317 e. The Hall–Kier alpha value is 0.660. The molecule has 0 unspecified atom stereocenters. The molecule has 0 spiro atoms. The highest BCUT2D eigenvalue weighted by Gasteiger charge is 2.35. The van der Waals surface area contributed by atoms with Crippen LogP contribution in [-0.2, 0) is 0 Å². The number of rotatable bonds is 3. The van der Waals surface area contributed by atoms with Gasteiger partial charge in [0, 0.05) is 4.75 Å². The highest BCUT2D eigenvalue weighted by atomic mass is 33.1. The van der Waals surface area contributed by atoms with Gasteiger partial charge >= 0.3 is 0 Å². The van der Waals surface area contributed by atoms with Gasteiger partial charge in [-0.05, 0) is 33.1 Å². The van der Waals surface area contributed by atoms with Crippen LogP contribution in [0.25, 0.3) is 0 Å². The third kappa shape index (κ3) is 5.18. The first-order valence-corrected chi connectivity index (χ1v) is 6.76. The average Bonchev–Trinajstić information content (AvgIpc) is 1.79. The van der Waals surface area contributed by atoms with E-state index in [-0.39, 0.29) is 9.62 Å². The Balaban J connectivity index is 4.21. The van der Waals surface area contributed by atoms with E-state index in [1.165, 1.54) is 0 Å². The summed E-state index contributed by atoms with van der Waals surface area (Å²) >= 11 is 0. The summed E-state index contributed by atoms with van der Waals surface area (Å²) in [6.07, 6.45) is 0. The SMILES string of the molecule is CC(C)(N)SSC(C)(C)C(C)(C)C. The maximum absolute atomic E-state index is 5.93. The molecule has 0 amide bonds. The molecule has 3 heteroatoms. The fourth-order valence-electron chi connectivity index (χ4n) is 0.337. The van der Waals surface area contributed by atoms with Crippen LogP contribution in [0.4, 0.5) is 0 Å². The maximum Gasteiger partial charge on any atom is 0.0666 e. The van der Waals surface area contributed by atoms with Gasteiger partial charge in [-0.15, -0.1) is 0 Å². The van der Waals surface area contributed by atoms with Gasteiger partial charge in [0.05, 0.1) is 4.87 Å². The van der Waals surface area contributed by atoms with E-state index in [1.54, 1.807) is 10.8 Å². The Labute approximate surface area is 91.0 Å². The summed E-state index contributed by atoms with van der Waals surface area (Å²) < 4.78 is 0.244. The summed E-state index contributed by atoms with van der Waals surface area (Å²) in [5.74, 6) is 0. The van der Waals surface area contributed by atoms with Gasteiger partial charge in [0.1, 0.15) is 0 Å². The van der Waals surface area contributed by atoms with E-state index in [2.05, 4.69) is 34.6 Å². The lowest BCUT2D eigenvalue weighted by molar-refractivity contribution is 0.321. The Morgan fingerprint density at radius 1 is 0.769 bits per heavy atom. The minimum atomic E-state index is -0.146. The smallest absolute Gasteiger partial charge is 0.0666 e. The monoisotopic (exact) mass is 221 g/mol. The molecule has 0 aliphatic heterocycles. The van der Waals surface area contributed by atoms with Crippen molar-refractivity contribution in [2.24, 2.45) is 11.1 Å². The van der Waals surface area contributed by atoms with Crippen LogP contribution in [0, 0.1) is 5.41 Å². The molecule has 0 aliphatic rings. The zero-order chi connectivity index (χ0) is 10.9. The van der Waals surface area contributed by atoms with Crippen molar-refractivity contribution in [2.75, 3.05) is 0 Å². The van der Waals surface area contributed by atoms with Crippen molar-refractivity contribution >= 4 is 21.6 Å².